The van der Waals surface area contributed by atoms with Crippen LogP contribution in [0.4, 0.5) is 5.82 Å². The van der Waals surface area contributed by atoms with Crippen molar-refractivity contribution in [3.05, 3.63) is 60.4 Å². The molecule has 8 heteroatoms. The van der Waals surface area contributed by atoms with E-state index in [9.17, 15) is 4.79 Å². The third-order valence-corrected chi connectivity index (χ3v) is 5.46. The number of piperazine rings is 1. The summed E-state index contributed by atoms with van der Waals surface area (Å²) >= 11 is 0. The van der Waals surface area contributed by atoms with Crippen LogP contribution in [0.15, 0.2) is 49.1 Å². The molecular weight excluding hydrogens is 380 g/mol. The summed E-state index contributed by atoms with van der Waals surface area (Å²) in [5.41, 5.74) is 2.04. The van der Waals surface area contributed by atoms with Crippen LogP contribution in [0.2, 0.25) is 0 Å². The van der Waals surface area contributed by atoms with E-state index in [0.29, 0.717) is 31.9 Å². The van der Waals surface area contributed by atoms with Gasteiger partial charge >= 0.3 is 0 Å². The Hall–Kier alpha value is -3.42. The molecule has 1 atom stereocenters. The molecule has 3 aromatic rings. The minimum atomic E-state index is -0.517. The first-order valence-electron chi connectivity index (χ1n) is 10.1. The Balaban J connectivity index is 1.38. The van der Waals surface area contributed by atoms with Gasteiger partial charge in [-0.2, -0.15) is 0 Å². The second-order valence-corrected chi connectivity index (χ2v) is 7.41. The molecule has 1 aliphatic rings. The van der Waals surface area contributed by atoms with Crippen molar-refractivity contribution in [2.75, 3.05) is 31.1 Å². The Morgan fingerprint density at radius 2 is 1.70 bits per heavy atom. The van der Waals surface area contributed by atoms with E-state index < -0.39 is 6.10 Å². The van der Waals surface area contributed by atoms with Crippen molar-refractivity contribution in [1.29, 1.82) is 0 Å². The molecule has 3 heterocycles. The van der Waals surface area contributed by atoms with Gasteiger partial charge in [0, 0.05) is 37.9 Å². The summed E-state index contributed by atoms with van der Waals surface area (Å²) in [6, 6.07) is 11.4. The molecule has 0 N–H and O–H groups in total. The Morgan fingerprint density at radius 3 is 2.37 bits per heavy atom. The summed E-state index contributed by atoms with van der Waals surface area (Å²) in [4.78, 5) is 30.0. The van der Waals surface area contributed by atoms with Gasteiger partial charge in [-0.15, -0.1) is 0 Å². The number of anilines is 1. The molecule has 1 unspecified atom stereocenters. The maximum Gasteiger partial charge on any atom is 0.263 e. The SMILES string of the molecule is Cc1ncn(-c2cc(N3CCN(C(=O)C(C)Oc4ccccc4)CC3)ncn2)c1C. The molecule has 1 fully saturated rings. The molecule has 0 bridgehead atoms. The van der Waals surface area contributed by atoms with Crippen LogP contribution in [-0.2, 0) is 4.79 Å². The fourth-order valence-electron chi connectivity index (χ4n) is 3.54. The second kappa shape index (κ2) is 8.52. The Bertz CT molecular complexity index is 1010. The van der Waals surface area contributed by atoms with Crippen molar-refractivity contribution in [1.82, 2.24) is 24.4 Å². The highest BCUT2D eigenvalue weighted by Gasteiger charge is 2.26. The van der Waals surface area contributed by atoms with E-state index in [1.807, 2.05) is 59.7 Å². The number of hydrogen-bond donors (Lipinski definition) is 0. The zero-order chi connectivity index (χ0) is 21.1. The largest absolute Gasteiger partial charge is 0.481 e. The zero-order valence-electron chi connectivity index (χ0n) is 17.5. The van der Waals surface area contributed by atoms with Gasteiger partial charge in [0.05, 0.1) is 5.69 Å². The number of para-hydroxylation sites is 1. The standard InChI is InChI=1S/C22H26N6O2/c1-16-17(2)28(15-25-16)21-13-20(23-14-24-21)26-9-11-27(12-10-26)22(29)18(3)30-19-7-5-4-6-8-19/h4-8,13-15,18H,9-12H2,1-3H3. The average Bonchev–Trinajstić information content (AvgIpc) is 3.12. The van der Waals surface area contributed by atoms with Crippen LogP contribution in [0, 0.1) is 13.8 Å². The van der Waals surface area contributed by atoms with Crippen molar-refractivity contribution in [3.8, 4) is 11.6 Å². The molecular formula is C22H26N6O2. The summed E-state index contributed by atoms with van der Waals surface area (Å²) in [7, 11) is 0. The number of rotatable bonds is 5. The number of carbonyl (C=O) groups excluding carboxylic acids is 1. The molecule has 0 radical (unpaired) electrons. The fraction of sp³-hybridized carbons (Fsp3) is 0.364. The van der Waals surface area contributed by atoms with Crippen LogP contribution in [0.3, 0.4) is 0 Å². The number of imidazole rings is 1. The topological polar surface area (TPSA) is 76.4 Å². The number of hydrogen-bond acceptors (Lipinski definition) is 6. The number of nitrogens with zero attached hydrogens (tertiary/aromatic N) is 6. The minimum absolute atomic E-state index is 0.00592. The minimum Gasteiger partial charge on any atom is -0.481 e. The fourth-order valence-corrected chi connectivity index (χ4v) is 3.54. The lowest BCUT2D eigenvalue weighted by Crippen LogP contribution is -2.52. The van der Waals surface area contributed by atoms with E-state index in [2.05, 4.69) is 19.9 Å². The average molecular weight is 406 g/mol. The molecule has 1 amide bonds. The summed E-state index contributed by atoms with van der Waals surface area (Å²) < 4.78 is 7.75. The van der Waals surface area contributed by atoms with E-state index in [1.54, 1.807) is 19.6 Å². The molecule has 2 aromatic heterocycles. The van der Waals surface area contributed by atoms with Crippen LogP contribution >= 0.6 is 0 Å². The molecule has 1 aromatic carbocycles. The van der Waals surface area contributed by atoms with Gasteiger partial charge in [0.15, 0.2) is 6.10 Å². The molecule has 0 saturated carbocycles. The number of amides is 1. The third-order valence-electron chi connectivity index (χ3n) is 5.46. The van der Waals surface area contributed by atoms with E-state index in [4.69, 9.17) is 4.74 Å². The van der Waals surface area contributed by atoms with Crippen LogP contribution < -0.4 is 9.64 Å². The second-order valence-electron chi connectivity index (χ2n) is 7.41. The number of benzene rings is 1. The van der Waals surface area contributed by atoms with Crippen LogP contribution in [0.25, 0.3) is 5.82 Å². The normalized spacial score (nSPS) is 15.2. The number of aromatic nitrogens is 4. The van der Waals surface area contributed by atoms with E-state index >= 15 is 0 Å². The predicted octanol–water partition coefficient (Wildman–Crippen LogP) is 2.40. The smallest absolute Gasteiger partial charge is 0.263 e. The lowest BCUT2D eigenvalue weighted by Gasteiger charge is -2.36. The molecule has 1 aliphatic heterocycles. The van der Waals surface area contributed by atoms with Crippen molar-refractivity contribution in [2.24, 2.45) is 0 Å². The Kier molecular flexibility index (Phi) is 5.65. The van der Waals surface area contributed by atoms with Gasteiger partial charge in [0.1, 0.15) is 30.0 Å². The van der Waals surface area contributed by atoms with E-state index in [1.165, 1.54) is 0 Å². The number of carbonyl (C=O) groups is 1. The highest BCUT2D eigenvalue weighted by Crippen LogP contribution is 2.19. The molecule has 4 rings (SSSR count). The number of aryl methyl sites for hydroxylation is 1. The van der Waals surface area contributed by atoms with Gasteiger partial charge in [-0.25, -0.2) is 15.0 Å². The van der Waals surface area contributed by atoms with Crippen LogP contribution in [0.1, 0.15) is 18.3 Å². The van der Waals surface area contributed by atoms with Crippen molar-refractivity contribution < 1.29 is 9.53 Å². The first kappa shape index (κ1) is 19.9. The quantitative estimate of drug-likeness (QED) is 0.648. The summed E-state index contributed by atoms with van der Waals surface area (Å²) in [5.74, 6) is 2.36. The van der Waals surface area contributed by atoms with Gasteiger partial charge in [-0.3, -0.25) is 9.36 Å². The van der Waals surface area contributed by atoms with E-state index in [0.717, 1.165) is 23.0 Å². The Labute approximate surface area is 176 Å². The zero-order valence-corrected chi connectivity index (χ0v) is 17.5. The van der Waals surface area contributed by atoms with Crippen molar-refractivity contribution in [2.45, 2.75) is 26.9 Å². The first-order chi connectivity index (χ1) is 14.5. The lowest BCUT2D eigenvalue weighted by atomic mass is 10.2. The van der Waals surface area contributed by atoms with Gasteiger partial charge in [0.25, 0.3) is 5.91 Å². The van der Waals surface area contributed by atoms with Crippen LogP contribution in [0.5, 0.6) is 5.75 Å². The molecule has 8 nitrogen and oxygen atoms in total. The molecule has 156 valence electrons. The van der Waals surface area contributed by atoms with Crippen molar-refractivity contribution in [3.63, 3.8) is 0 Å². The van der Waals surface area contributed by atoms with Crippen LogP contribution in [-0.4, -0.2) is 62.6 Å². The summed E-state index contributed by atoms with van der Waals surface area (Å²) in [6.07, 6.45) is 2.84. The first-order valence-corrected chi connectivity index (χ1v) is 10.1. The molecule has 0 spiro atoms. The van der Waals surface area contributed by atoms with Gasteiger partial charge in [-0.05, 0) is 32.9 Å². The predicted molar refractivity (Wildman–Crippen MR) is 114 cm³/mol. The maximum absolute atomic E-state index is 12.8. The third kappa shape index (κ3) is 4.12. The van der Waals surface area contributed by atoms with Gasteiger partial charge in [0.2, 0.25) is 0 Å². The van der Waals surface area contributed by atoms with E-state index in [-0.39, 0.29) is 5.91 Å². The molecule has 30 heavy (non-hydrogen) atoms. The van der Waals surface area contributed by atoms with Crippen molar-refractivity contribution >= 4 is 11.7 Å². The monoisotopic (exact) mass is 406 g/mol. The van der Waals surface area contributed by atoms with Gasteiger partial charge < -0.3 is 14.5 Å². The summed E-state index contributed by atoms with van der Waals surface area (Å²) in [5, 5.41) is 0. The lowest BCUT2D eigenvalue weighted by molar-refractivity contribution is -0.138. The Morgan fingerprint density at radius 1 is 1.00 bits per heavy atom. The summed E-state index contributed by atoms with van der Waals surface area (Å²) in [6.45, 7) is 8.48. The number of ether oxygens (including phenoxy) is 1. The molecule has 0 aliphatic carbocycles. The highest BCUT2D eigenvalue weighted by atomic mass is 16.5. The van der Waals surface area contributed by atoms with Gasteiger partial charge in [-0.1, -0.05) is 18.2 Å². The highest BCUT2D eigenvalue weighted by molar-refractivity contribution is 5.81. The maximum atomic E-state index is 12.8. The molecule has 1 saturated heterocycles.